The first-order valence-electron chi connectivity index (χ1n) is 9.87. The van der Waals surface area contributed by atoms with Gasteiger partial charge in [-0.05, 0) is 42.0 Å². The zero-order valence-electron chi connectivity index (χ0n) is 17.1. The van der Waals surface area contributed by atoms with Crippen molar-refractivity contribution in [1.29, 1.82) is 0 Å². The number of piperazine rings is 1. The largest absolute Gasteiger partial charge is 0.435 e. The molecule has 0 aromatic heterocycles. The molecule has 0 spiro atoms. The standard InChI is InChI=1S/C22H24ClF2N3O3/c1-26(14-16-2-8-19(9-3-16)31-22(24)25)20(29)15-27-10-12-28(13-11-27)21(30)17-4-6-18(23)7-5-17/h2-9,22H,10-15H2,1H3. The van der Waals surface area contributed by atoms with E-state index in [1.165, 1.54) is 12.1 Å². The van der Waals surface area contributed by atoms with E-state index in [9.17, 15) is 18.4 Å². The van der Waals surface area contributed by atoms with Gasteiger partial charge < -0.3 is 14.5 Å². The maximum absolute atomic E-state index is 12.6. The van der Waals surface area contributed by atoms with Gasteiger partial charge in [0, 0.05) is 50.4 Å². The monoisotopic (exact) mass is 451 g/mol. The van der Waals surface area contributed by atoms with E-state index >= 15 is 0 Å². The maximum atomic E-state index is 12.6. The number of ether oxygens (including phenoxy) is 1. The summed E-state index contributed by atoms with van der Waals surface area (Å²) in [7, 11) is 1.70. The number of nitrogens with zero attached hydrogens (tertiary/aromatic N) is 3. The number of benzene rings is 2. The summed E-state index contributed by atoms with van der Waals surface area (Å²) in [6.07, 6.45) is 0. The molecule has 9 heteroatoms. The van der Waals surface area contributed by atoms with E-state index < -0.39 is 6.61 Å². The predicted molar refractivity (Wildman–Crippen MR) is 113 cm³/mol. The van der Waals surface area contributed by atoms with E-state index in [1.54, 1.807) is 53.2 Å². The van der Waals surface area contributed by atoms with Gasteiger partial charge in [-0.2, -0.15) is 8.78 Å². The molecule has 166 valence electrons. The molecule has 2 aromatic rings. The summed E-state index contributed by atoms with van der Waals surface area (Å²) in [6.45, 7) is 0.0668. The van der Waals surface area contributed by atoms with Crippen LogP contribution in [-0.2, 0) is 11.3 Å². The first kappa shape index (κ1) is 23.0. The average molecular weight is 452 g/mol. The molecule has 2 amide bonds. The highest BCUT2D eigenvalue weighted by Gasteiger charge is 2.24. The van der Waals surface area contributed by atoms with Gasteiger partial charge in [0.25, 0.3) is 5.91 Å². The van der Waals surface area contributed by atoms with E-state index in [2.05, 4.69) is 4.74 Å². The summed E-state index contributed by atoms with van der Waals surface area (Å²) in [5.74, 6) is -0.0110. The van der Waals surface area contributed by atoms with Gasteiger partial charge in [0.1, 0.15) is 5.75 Å². The molecular weight excluding hydrogens is 428 g/mol. The molecule has 31 heavy (non-hydrogen) atoms. The molecule has 1 saturated heterocycles. The molecule has 0 saturated carbocycles. The highest BCUT2D eigenvalue weighted by molar-refractivity contribution is 6.30. The second-order valence-corrected chi connectivity index (χ2v) is 7.78. The van der Waals surface area contributed by atoms with Crippen molar-refractivity contribution in [3.05, 3.63) is 64.7 Å². The van der Waals surface area contributed by atoms with Crippen LogP contribution in [0.2, 0.25) is 5.02 Å². The van der Waals surface area contributed by atoms with Crippen LogP contribution in [0, 0.1) is 0 Å². The van der Waals surface area contributed by atoms with Gasteiger partial charge >= 0.3 is 6.61 Å². The fourth-order valence-corrected chi connectivity index (χ4v) is 3.46. The Balaban J connectivity index is 1.44. The predicted octanol–water partition coefficient (Wildman–Crippen LogP) is 3.36. The topological polar surface area (TPSA) is 53.1 Å². The second kappa shape index (κ2) is 10.5. The molecule has 1 heterocycles. The summed E-state index contributed by atoms with van der Waals surface area (Å²) in [6, 6.07) is 13.0. The molecule has 0 aliphatic carbocycles. The molecule has 1 aliphatic rings. The molecule has 3 rings (SSSR count). The van der Waals surface area contributed by atoms with E-state index in [1.807, 2.05) is 4.90 Å². The van der Waals surface area contributed by atoms with Crippen LogP contribution in [0.1, 0.15) is 15.9 Å². The first-order chi connectivity index (χ1) is 14.8. The summed E-state index contributed by atoms with van der Waals surface area (Å²) in [5, 5.41) is 0.585. The van der Waals surface area contributed by atoms with Crippen LogP contribution >= 0.6 is 11.6 Å². The third kappa shape index (κ3) is 6.63. The third-order valence-electron chi connectivity index (χ3n) is 5.10. The minimum absolute atomic E-state index is 0.0426. The van der Waals surface area contributed by atoms with Crippen LogP contribution in [0.5, 0.6) is 5.75 Å². The lowest BCUT2D eigenvalue weighted by Crippen LogP contribution is -2.51. The summed E-state index contributed by atoms with van der Waals surface area (Å²) in [5.41, 5.74) is 1.41. The number of carbonyl (C=O) groups excluding carboxylic acids is 2. The van der Waals surface area contributed by atoms with Gasteiger partial charge in [0.15, 0.2) is 0 Å². The maximum Gasteiger partial charge on any atom is 0.387 e. The van der Waals surface area contributed by atoms with E-state index in [0.29, 0.717) is 43.3 Å². The van der Waals surface area contributed by atoms with Crippen LogP contribution < -0.4 is 4.74 Å². The lowest BCUT2D eigenvalue weighted by atomic mass is 10.2. The number of alkyl halides is 2. The highest BCUT2D eigenvalue weighted by atomic mass is 35.5. The lowest BCUT2D eigenvalue weighted by molar-refractivity contribution is -0.132. The Morgan fingerprint density at radius 3 is 2.23 bits per heavy atom. The summed E-state index contributed by atoms with van der Waals surface area (Å²) >= 11 is 5.87. The number of likely N-dealkylation sites (N-methyl/N-ethyl adjacent to an activating group) is 1. The third-order valence-corrected chi connectivity index (χ3v) is 5.36. The van der Waals surface area contributed by atoms with Crippen molar-refractivity contribution in [1.82, 2.24) is 14.7 Å². The fourth-order valence-electron chi connectivity index (χ4n) is 3.33. The number of rotatable bonds is 7. The Hall–Kier alpha value is -2.71. The molecule has 0 atom stereocenters. The summed E-state index contributed by atoms with van der Waals surface area (Å²) in [4.78, 5) is 30.5. The lowest BCUT2D eigenvalue weighted by Gasteiger charge is -2.35. The average Bonchev–Trinajstić information content (AvgIpc) is 2.75. The van der Waals surface area contributed by atoms with Crippen molar-refractivity contribution in [3.8, 4) is 5.75 Å². The van der Waals surface area contributed by atoms with Gasteiger partial charge in [0.2, 0.25) is 5.91 Å². The quantitative estimate of drug-likeness (QED) is 0.647. The Labute approximate surface area is 184 Å². The van der Waals surface area contributed by atoms with E-state index in [-0.39, 0.29) is 24.1 Å². The number of carbonyl (C=O) groups is 2. The van der Waals surface area contributed by atoms with Crippen LogP contribution in [0.4, 0.5) is 8.78 Å². The SMILES string of the molecule is CN(Cc1ccc(OC(F)F)cc1)C(=O)CN1CCN(C(=O)c2ccc(Cl)cc2)CC1. The van der Waals surface area contributed by atoms with Crippen molar-refractivity contribution in [2.75, 3.05) is 39.8 Å². The van der Waals surface area contributed by atoms with Gasteiger partial charge in [0.05, 0.1) is 6.54 Å². The summed E-state index contributed by atoms with van der Waals surface area (Å²) < 4.78 is 28.8. The molecule has 0 N–H and O–H groups in total. The molecule has 6 nitrogen and oxygen atoms in total. The zero-order valence-corrected chi connectivity index (χ0v) is 17.9. The first-order valence-corrected chi connectivity index (χ1v) is 10.2. The number of hydrogen-bond acceptors (Lipinski definition) is 4. The minimum atomic E-state index is -2.86. The molecule has 1 fully saturated rings. The number of halogens is 3. The molecule has 0 unspecified atom stereocenters. The Morgan fingerprint density at radius 2 is 1.65 bits per heavy atom. The van der Waals surface area contributed by atoms with Crippen molar-refractivity contribution in [3.63, 3.8) is 0 Å². The number of hydrogen-bond donors (Lipinski definition) is 0. The van der Waals surface area contributed by atoms with Crippen molar-refractivity contribution >= 4 is 23.4 Å². The van der Waals surface area contributed by atoms with E-state index in [0.717, 1.165) is 5.56 Å². The normalized spacial score (nSPS) is 14.5. The molecular formula is C22H24ClF2N3O3. The van der Waals surface area contributed by atoms with Crippen LogP contribution in [0.15, 0.2) is 48.5 Å². The van der Waals surface area contributed by atoms with Crippen LogP contribution in [-0.4, -0.2) is 72.9 Å². The van der Waals surface area contributed by atoms with Gasteiger partial charge in [-0.1, -0.05) is 23.7 Å². The van der Waals surface area contributed by atoms with Crippen LogP contribution in [0.3, 0.4) is 0 Å². The molecule has 1 aliphatic heterocycles. The molecule has 2 aromatic carbocycles. The van der Waals surface area contributed by atoms with Crippen molar-refractivity contribution in [2.45, 2.75) is 13.2 Å². The highest BCUT2D eigenvalue weighted by Crippen LogP contribution is 2.16. The van der Waals surface area contributed by atoms with Gasteiger partial charge in [-0.15, -0.1) is 0 Å². The Bertz CT molecular complexity index is 886. The Kier molecular flexibility index (Phi) is 7.81. The van der Waals surface area contributed by atoms with E-state index in [4.69, 9.17) is 11.6 Å². The van der Waals surface area contributed by atoms with Gasteiger partial charge in [-0.3, -0.25) is 14.5 Å². The Morgan fingerprint density at radius 1 is 1.03 bits per heavy atom. The molecule has 0 radical (unpaired) electrons. The van der Waals surface area contributed by atoms with Crippen molar-refractivity contribution < 1.29 is 23.1 Å². The second-order valence-electron chi connectivity index (χ2n) is 7.35. The van der Waals surface area contributed by atoms with Gasteiger partial charge in [-0.25, -0.2) is 0 Å². The smallest absolute Gasteiger partial charge is 0.387 e. The van der Waals surface area contributed by atoms with Crippen LogP contribution in [0.25, 0.3) is 0 Å². The zero-order chi connectivity index (χ0) is 22.4. The minimum Gasteiger partial charge on any atom is -0.435 e. The molecule has 0 bridgehead atoms. The number of amides is 2. The fraction of sp³-hybridized carbons (Fsp3) is 0.364. The van der Waals surface area contributed by atoms with Crippen molar-refractivity contribution in [2.24, 2.45) is 0 Å².